The minimum absolute atomic E-state index is 0.109. The highest BCUT2D eigenvalue weighted by Gasteiger charge is 2.56. The highest BCUT2D eigenvalue weighted by molar-refractivity contribution is 5.38. The average molecular weight is 399 g/mol. The summed E-state index contributed by atoms with van der Waals surface area (Å²) >= 11 is 0. The van der Waals surface area contributed by atoms with Crippen molar-refractivity contribution >= 4 is 0 Å². The third kappa shape index (κ3) is 3.68. The van der Waals surface area contributed by atoms with Crippen molar-refractivity contribution in [3.05, 3.63) is 23.3 Å². The molecule has 1 nitrogen and oxygen atoms in total. The highest BCUT2D eigenvalue weighted by Crippen LogP contribution is 2.66. The van der Waals surface area contributed by atoms with Crippen LogP contribution in [-0.2, 0) is 0 Å². The van der Waals surface area contributed by atoms with Gasteiger partial charge >= 0.3 is 0 Å². The molecule has 0 bridgehead atoms. The van der Waals surface area contributed by atoms with Gasteiger partial charge in [0.25, 0.3) is 0 Å². The van der Waals surface area contributed by atoms with Gasteiger partial charge in [-0.2, -0.15) is 0 Å². The van der Waals surface area contributed by atoms with Gasteiger partial charge in [0, 0.05) is 0 Å². The molecule has 0 heterocycles. The van der Waals surface area contributed by atoms with E-state index in [4.69, 9.17) is 0 Å². The molecule has 8 atom stereocenters. The Morgan fingerprint density at radius 3 is 2.41 bits per heavy atom. The summed E-state index contributed by atoms with van der Waals surface area (Å²) in [4.78, 5) is 0. The fourth-order valence-corrected chi connectivity index (χ4v) is 8.66. The Kier molecular flexibility index (Phi) is 5.86. The molecular weight excluding hydrogens is 352 g/mol. The van der Waals surface area contributed by atoms with E-state index in [1.54, 1.807) is 11.1 Å². The molecule has 4 aliphatic rings. The lowest BCUT2D eigenvalue weighted by Crippen LogP contribution is -2.46. The summed E-state index contributed by atoms with van der Waals surface area (Å²) in [7, 11) is 0. The smallest absolute Gasteiger partial charge is 0.0578 e. The lowest BCUT2D eigenvalue weighted by Gasteiger charge is -2.55. The molecule has 3 saturated carbocycles. The summed E-state index contributed by atoms with van der Waals surface area (Å²) in [6.45, 7) is 15.0. The summed E-state index contributed by atoms with van der Waals surface area (Å²) in [5.41, 5.74) is 4.17. The molecule has 1 N–H and O–H groups in total. The van der Waals surface area contributed by atoms with E-state index in [2.05, 4.69) is 53.7 Å². The Bertz CT molecular complexity index is 672. The van der Waals surface area contributed by atoms with Crippen LogP contribution in [0.3, 0.4) is 0 Å². The van der Waals surface area contributed by atoms with Crippen LogP contribution in [0.25, 0.3) is 0 Å². The van der Waals surface area contributed by atoms with E-state index < -0.39 is 0 Å². The number of rotatable bonds is 5. The van der Waals surface area contributed by atoms with Crippen molar-refractivity contribution in [1.29, 1.82) is 0 Å². The van der Waals surface area contributed by atoms with Crippen molar-refractivity contribution in [2.45, 2.75) is 105 Å². The number of fused-ring (bicyclic) bond motifs is 5. The Labute approximate surface area is 180 Å². The molecule has 1 heteroatoms. The fourth-order valence-electron chi connectivity index (χ4n) is 8.66. The first-order valence-corrected chi connectivity index (χ1v) is 12.7. The first-order valence-electron chi connectivity index (χ1n) is 12.7. The normalized spacial score (nSPS) is 43.7. The van der Waals surface area contributed by atoms with Crippen LogP contribution in [0.15, 0.2) is 23.3 Å². The second-order valence-corrected chi connectivity index (χ2v) is 12.5. The number of allylic oxidation sites excluding steroid dienone is 3. The van der Waals surface area contributed by atoms with Gasteiger partial charge in [-0.05, 0) is 104 Å². The van der Waals surface area contributed by atoms with Gasteiger partial charge in [0.1, 0.15) is 0 Å². The molecule has 0 saturated heterocycles. The average Bonchev–Trinajstić information content (AvgIpc) is 2.99. The standard InChI is InChI=1S/C28H46O/c1-18(2)15-19(3)16-20(4)24-9-10-25-23-8-7-21-17-22(29)11-13-27(21,5)26(23)12-14-28(24,25)6/h7-8,18-20,22,24-26,29H,9-17H2,1-6H3. The predicted octanol–water partition coefficient (Wildman–Crippen LogP) is 7.55. The van der Waals surface area contributed by atoms with Gasteiger partial charge in [-0.25, -0.2) is 0 Å². The maximum Gasteiger partial charge on any atom is 0.0578 e. The topological polar surface area (TPSA) is 20.2 Å². The lowest BCUT2D eigenvalue weighted by molar-refractivity contribution is 0.0304. The molecule has 4 rings (SSSR count). The molecule has 0 aliphatic heterocycles. The van der Waals surface area contributed by atoms with Crippen LogP contribution >= 0.6 is 0 Å². The molecule has 164 valence electrons. The molecule has 0 aromatic rings. The van der Waals surface area contributed by atoms with Crippen molar-refractivity contribution in [2.24, 2.45) is 46.3 Å². The van der Waals surface area contributed by atoms with E-state index in [-0.39, 0.29) is 6.10 Å². The summed E-state index contributed by atoms with van der Waals surface area (Å²) < 4.78 is 0. The number of aliphatic hydroxyl groups is 1. The van der Waals surface area contributed by atoms with E-state index in [0.717, 1.165) is 48.3 Å². The van der Waals surface area contributed by atoms with Crippen molar-refractivity contribution in [3.8, 4) is 0 Å². The molecule has 29 heavy (non-hydrogen) atoms. The molecule has 0 aromatic heterocycles. The van der Waals surface area contributed by atoms with Gasteiger partial charge in [-0.15, -0.1) is 0 Å². The monoisotopic (exact) mass is 398 g/mol. The fraction of sp³-hybridized carbons (Fsp3) is 0.857. The van der Waals surface area contributed by atoms with Crippen LogP contribution in [-0.4, -0.2) is 11.2 Å². The van der Waals surface area contributed by atoms with Gasteiger partial charge in [0.2, 0.25) is 0 Å². The van der Waals surface area contributed by atoms with Gasteiger partial charge in [-0.1, -0.05) is 64.8 Å². The van der Waals surface area contributed by atoms with Crippen molar-refractivity contribution in [2.75, 3.05) is 0 Å². The number of hydrogen-bond donors (Lipinski definition) is 1. The quantitative estimate of drug-likeness (QED) is 0.506. The minimum Gasteiger partial charge on any atom is -0.393 e. The molecule has 4 aliphatic carbocycles. The second kappa shape index (κ2) is 7.85. The van der Waals surface area contributed by atoms with Crippen LogP contribution in [0, 0.1) is 46.3 Å². The first-order chi connectivity index (χ1) is 13.6. The molecule has 0 radical (unpaired) electrons. The predicted molar refractivity (Wildman–Crippen MR) is 124 cm³/mol. The third-order valence-corrected chi connectivity index (χ3v) is 9.95. The Balaban J connectivity index is 1.54. The third-order valence-electron chi connectivity index (χ3n) is 9.95. The zero-order valence-electron chi connectivity index (χ0n) is 20.0. The zero-order valence-corrected chi connectivity index (χ0v) is 20.0. The first kappa shape index (κ1) is 21.7. The Morgan fingerprint density at radius 1 is 0.931 bits per heavy atom. The van der Waals surface area contributed by atoms with E-state index in [0.29, 0.717) is 10.8 Å². The van der Waals surface area contributed by atoms with Crippen LogP contribution in [0.5, 0.6) is 0 Å². The van der Waals surface area contributed by atoms with Gasteiger partial charge < -0.3 is 5.11 Å². The SMILES string of the molecule is CC(C)CC(C)CC(C)C1CCC2C3=CC=C4CC(O)CCC4(C)C3CCC21C. The van der Waals surface area contributed by atoms with Crippen LogP contribution in [0.4, 0.5) is 0 Å². The van der Waals surface area contributed by atoms with E-state index in [1.807, 2.05) is 0 Å². The Hall–Kier alpha value is -0.560. The van der Waals surface area contributed by atoms with Crippen LogP contribution in [0.2, 0.25) is 0 Å². The molecule has 8 unspecified atom stereocenters. The summed E-state index contributed by atoms with van der Waals surface area (Å²) in [6, 6.07) is 0. The molecule has 0 aromatic carbocycles. The molecule has 0 spiro atoms. The Morgan fingerprint density at radius 2 is 1.69 bits per heavy atom. The largest absolute Gasteiger partial charge is 0.393 e. The molecular formula is C28H46O. The van der Waals surface area contributed by atoms with Crippen molar-refractivity contribution < 1.29 is 5.11 Å². The highest BCUT2D eigenvalue weighted by atomic mass is 16.3. The minimum atomic E-state index is -0.109. The van der Waals surface area contributed by atoms with Gasteiger partial charge in [-0.3, -0.25) is 0 Å². The summed E-state index contributed by atoms with van der Waals surface area (Å²) in [5.74, 6) is 4.97. The summed E-state index contributed by atoms with van der Waals surface area (Å²) in [5, 5.41) is 10.2. The lowest BCUT2D eigenvalue weighted by atomic mass is 9.50. The van der Waals surface area contributed by atoms with Crippen molar-refractivity contribution in [1.82, 2.24) is 0 Å². The van der Waals surface area contributed by atoms with Gasteiger partial charge in [0.15, 0.2) is 0 Å². The molecule has 0 amide bonds. The van der Waals surface area contributed by atoms with Crippen LogP contribution in [0.1, 0.15) is 99.3 Å². The van der Waals surface area contributed by atoms with Gasteiger partial charge in [0.05, 0.1) is 6.10 Å². The van der Waals surface area contributed by atoms with Crippen molar-refractivity contribution in [3.63, 3.8) is 0 Å². The maximum atomic E-state index is 10.2. The zero-order chi connectivity index (χ0) is 21.0. The second-order valence-electron chi connectivity index (χ2n) is 12.5. The van der Waals surface area contributed by atoms with E-state index in [9.17, 15) is 5.11 Å². The molecule has 3 fully saturated rings. The van der Waals surface area contributed by atoms with Crippen LogP contribution < -0.4 is 0 Å². The van der Waals surface area contributed by atoms with E-state index >= 15 is 0 Å². The van der Waals surface area contributed by atoms with E-state index in [1.165, 1.54) is 44.9 Å². The number of hydrogen-bond acceptors (Lipinski definition) is 1. The number of aliphatic hydroxyl groups excluding tert-OH is 1. The summed E-state index contributed by atoms with van der Waals surface area (Å²) in [6.07, 6.45) is 16.3. The maximum absolute atomic E-state index is 10.2.